The molecule has 1 heterocycles. The first-order valence-corrected chi connectivity index (χ1v) is 7.80. The van der Waals surface area contributed by atoms with Gasteiger partial charge in [0, 0.05) is 17.8 Å². The summed E-state index contributed by atoms with van der Waals surface area (Å²) in [5.41, 5.74) is 1.17. The predicted octanol–water partition coefficient (Wildman–Crippen LogP) is 3.04. The molecule has 0 saturated carbocycles. The summed E-state index contributed by atoms with van der Waals surface area (Å²) in [6.07, 6.45) is 2.92. The van der Waals surface area contributed by atoms with Crippen molar-refractivity contribution < 1.29 is 8.42 Å². The second-order valence-electron chi connectivity index (χ2n) is 4.45. The number of aromatic nitrogens is 1. The van der Waals surface area contributed by atoms with Gasteiger partial charge >= 0.3 is 0 Å². The average Bonchev–Trinajstić information content (AvgIpc) is 2.53. The monoisotopic (exact) mass is 296 g/mol. The summed E-state index contributed by atoms with van der Waals surface area (Å²) in [5.74, 6) is 0. The predicted molar refractivity (Wildman–Crippen MR) is 83.0 cm³/mol. The molecule has 1 aromatic heterocycles. The third-order valence-corrected chi connectivity index (χ3v) is 4.28. The average molecular weight is 296 g/mol. The largest absolute Gasteiger partial charge is 0.284 e. The number of nitrogens with zero attached hydrogens (tertiary/aromatic N) is 2. The number of hydrogen-bond donors (Lipinski definition) is 0. The second-order valence-corrected chi connectivity index (χ2v) is 6.05. The Hall–Kier alpha value is -2.53. The molecule has 0 bridgehead atoms. The van der Waals surface area contributed by atoms with Crippen LogP contribution in [0.3, 0.4) is 0 Å². The fourth-order valence-corrected chi connectivity index (χ4v) is 3.05. The van der Waals surface area contributed by atoms with Gasteiger partial charge in [0.15, 0.2) is 0 Å². The fourth-order valence-electron chi connectivity index (χ4n) is 2.01. The van der Waals surface area contributed by atoms with E-state index in [-0.39, 0.29) is 4.90 Å². The Morgan fingerprint density at radius 3 is 2.48 bits per heavy atom. The van der Waals surface area contributed by atoms with Crippen molar-refractivity contribution in [2.45, 2.75) is 4.90 Å². The van der Waals surface area contributed by atoms with Crippen LogP contribution in [-0.2, 0) is 10.0 Å². The minimum absolute atomic E-state index is 0.118. The van der Waals surface area contributed by atoms with Gasteiger partial charge < -0.3 is 0 Å². The number of pyridine rings is 1. The van der Waals surface area contributed by atoms with E-state index in [4.69, 9.17) is 0 Å². The zero-order valence-corrected chi connectivity index (χ0v) is 11.9. The van der Waals surface area contributed by atoms with Gasteiger partial charge in [-0.3, -0.25) is 4.98 Å². The van der Waals surface area contributed by atoms with Crippen molar-refractivity contribution in [2.24, 2.45) is 4.40 Å². The van der Waals surface area contributed by atoms with E-state index in [0.29, 0.717) is 5.52 Å². The van der Waals surface area contributed by atoms with Crippen LogP contribution in [0.15, 0.2) is 76.2 Å². The molecule has 3 rings (SSSR count). The first-order valence-electron chi connectivity index (χ1n) is 6.36. The molecule has 0 saturated heterocycles. The van der Waals surface area contributed by atoms with Gasteiger partial charge in [0.2, 0.25) is 0 Å². The van der Waals surface area contributed by atoms with Gasteiger partial charge in [-0.25, -0.2) is 0 Å². The zero-order chi connectivity index (χ0) is 14.7. The number of rotatable bonds is 3. The molecule has 0 amide bonds. The zero-order valence-electron chi connectivity index (χ0n) is 11.0. The summed E-state index contributed by atoms with van der Waals surface area (Å²) in [7, 11) is -3.78. The van der Waals surface area contributed by atoms with Crippen molar-refractivity contribution in [3.05, 3.63) is 72.4 Å². The molecule has 0 atom stereocenters. The van der Waals surface area contributed by atoms with Crippen LogP contribution in [0, 0.1) is 0 Å². The van der Waals surface area contributed by atoms with Crippen LogP contribution in [0.25, 0.3) is 10.9 Å². The standard InChI is InChI=1S/C16H12N2O2S/c19-21(20,18-12-13-6-2-1-3-7-13)15-10-4-8-14-9-5-11-17-16(14)15/h1-12H. The molecule has 0 N–H and O–H groups in total. The summed E-state index contributed by atoms with van der Waals surface area (Å²) < 4.78 is 28.5. The molecule has 21 heavy (non-hydrogen) atoms. The fraction of sp³-hybridized carbons (Fsp3) is 0. The van der Waals surface area contributed by atoms with Crippen molar-refractivity contribution in [1.82, 2.24) is 4.98 Å². The lowest BCUT2D eigenvalue weighted by Gasteiger charge is -2.03. The molecular weight excluding hydrogens is 284 g/mol. The first kappa shape index (κ1) is 13.5. The molecular formula is C16H12N2O2S. The lowest BCUT2D eigenvalue weighted by atomic mass is 10.2. The third-order valence-electron chi connectivity index (χ3n) is 3.01. The smallest absolute Gasteiger partial charge is 0.255 e. The topological polar surface area (TPSA) is 59.4 Å². The Morgan fingerprint density at radius 2 is 1.67 bits per heavy atom. The molecule has 0 unspecified atom stereocenters. The number of benzene rings is 2. The highest BCUT2D eigenvalue weighted by atomic mass is 32.2. The van der Waals surface area contributed by atoms with E-state index in [9.17, 15) is 8.42 Å². The normalized spacial score (nSPS) is 12.0. The maximum atomic E-state index is 12.4. The Labute approximate surface area is 122 Å². The van der Waals surface area contributed by atoms with Crippen molar-refractivity contribution in [3.8, 4) is 0 Å². The highest BCUT2D eigenvalue weighted by Gasteiger charge is 2.16. The number of hydrogen-bond acceptors (Lipinski definition) is 3. The van der Waals surface area contributed by atoms with Crippen LogP contribution in [0.2, 0.25) is 0 Å². The highest BCUT2D eigenvalue weighted by molar-refractivity contribution is 7.90. The number of fused-ring (bicyclic) bond motifs is 1. The molecule has 0 radical (unpaired) electrons. The molecule has 0 fully saturated rings. The van der Waals surface area contributed by atoms with E-state index in [1.807, 2.05) is 30.3 Å². The molecule has 2 aromatic carbocycles. The summed E-state index contributed by atoms with van der Waals surface area (Å²) in [6.45, 7) is 0. The first-order chi connectivity index (χ1) is 10.2. The summed E-state index contributed by atoms with van der Waals surface area (Å²) in [5, 5.41) is 0.772. The van der Waals surface area contributed by atoms with E-state index in [1.54, 1.807) is 30.5 Å². The maximum absolute atomic E-state index is 12.4. The van der Waals surface area contributed by atoms with Gasteiger partial charge in [-0.1, -0.05) is 48.5 Å². The Morgan fingerprint density at radius 1 is 0.905 bits per heavy atom. The minimum atomic E-state index is -3.78. The van der Waals surface area contributed by atoms with Crippen molar-refractivity contribution in [2.75, 3.05) is 0 Å². The molecule has 3 aromatic rings. The molecule has 0 aliphatic carbocycles. The van der Waals surface area contributed by atoms with Gasteiger partial charge in [0.25, 0.3) is 10.0 Å². The van der Waals surface area contributed by atoms with Gasteiger partial charge in [-0.05, 0) is 17.7 Å². The summed E-state index contributed by atoms with van der Waals surface area (Å²) >= 11 is 0. The highest BCUT2D eigenvalue weighted by Crippen LogP contribution is 2.22. The van der Waals surface area contributed by atoms with Crippen LogP contribution in [0.1, 0.15) is 5.56 Å². The lowest BCUT2D eigenvalue weighted by Crippen LogP contribution is -2.00. The van der Waals surface area contributed by atoms with Crippen LogP contribution in [0.5, 0.6) is 0 Å². The Balaban J connectivity index is 2.07. The lowest BCUT2D eigenvalue weighted by molar-refractivity contribution is 0.599. The van der Waals surface area contributed by atoms with Crippen LogP contribution >= 0.6 is 0 Å². The van der Waals surface area contributed by atoms with Gasteiger partial charge in [-0.15, -0.1) is 0 Å². The number of sulfonamides is 1. The van der Waals surface area contributed by atoms with E-state index >= 15 is 0 Å². The molecule has 0 aliphatic rings. The molecule has 0 aliphatic heterocycles. The van der Waals surface area contributed by atoms with Gasteiger partial charge in [0.05, 0.1) is 5.52 Å². The van der Waals surface area contributed by atoms with E-state index in [0.717, 1.165) is 10.9 Å². The molecule has 104 valence electrons. The van der Waals surface area contributed by atoms with E-state index in [2.05, 4.69) is 9.38 Å². The van der Waals surface area contributed by atoms with Crippen LogP contribution in [0.4, 0.5) is 0 Å². The third kappa shape index (κ3) is 2.83. The summed E-state index contributed by atoms with van der Waals surface area (Å²) in [4.78, 5) is 4.27. The Kier molecular flexibility index (Phi) is 3.50. The SMILES string of the molecule is O=S(=O)(N=Cc1ccccc1)c1cccc2cccnc12. The van der Waals surface area contributed by atoms with Gasteiger partial charge in [-0.2, -0.15) is 12.8 Å². The van der Waals surface area contributed by atoms with Gasteiger partial charge in [0.1, 0.15) is 4.90 Å². The molecule has 0 spiro atoms. The van der Waals surface area contributed by atoms with Crippen molar-refractivity contribution in [3.63, 3.8) is 0 Å². The number of para-hydroxylation sites is 1. The van der Waals surface area contributed by atoms with E-state index < -0.39 is 10.0 Å². The van der Waals surface area contributed by atoms with Crippen LogP contribution < -0.4 is 0 Å². The Bertz CT molecular complexity index is 898. The molecule has 4 nitrogen and oxygen atoms in total. The van der Waals surface area contributed by atoms with E-state index in [1.165, 1.54) is 12.3 Å². The molecule has 5 heteroatoms. The maximum Gasteiger partial charge on any atom is 0.284 e. The summed E-state index contributed by atoms with van der Waals surface area (Å²) in [6, 6.07) is 17.7. The quantitative estimate of drug-likeness (QED) is 0.698. The minimum Gasteiger partial charge on any atom is -0.255 e. The van der Waals surface area contributed by atoms with Crippen molar-refractivity contribution >= 4 is 27.1 Å². The van der Waals surface area contributed by atoms with Crippen LogP contribution in [-0.4, -0.2) is 19.6 Å². The van der Waals surface area contributed by atoms with Crippen molar-refractivity contribution in [1.29, 1.82) is 0 Å². The second kappa shape index (κ2) is 5.46.